The molecule has 2 aliphatic carbocycles. The van der Waals surface area contributed by atoms with Crippen LogP contribution in [0.1, 0.15) is 90.1 Å². The molecular weight excluding hydrogens is 606 g/mol. The van der Waals surface area contributed by atoms with E-state index in [1.165, 1.54) is 30.6 Å². The summed E-state index contributed by atoms with van der Waals surface area (Å²) >= 11 is 0. The van der Waals surface area contributed by atoms with E-state index in [0.717, 1.165) is 32.1 Å². The summed E-state index contributed by atoms with van der Waals surface area (Å²) in [5.74, 6) is -3.59. The van der Waals surface area contributed by atoms with Crippen molar-refractivity contribution < 1.29 is 33.5 Å². The topological polar surface area (TPSA) is 189 Å². The molecule has 1 aromatic heterocycles. The van der Waals surface area contributed by atoms with Crippen LogP contribution >= 0.6 is 0 Å². The highest BCUT2D eigenvalue weighted by Gasteiger charge is 2.52. The molecule has 4 rings (SSSR count). The largest absolute Gasteiger partial charge is 0.379 e. The second kappa shape index (κ2) is 15.3. The summed E-state index contributed by atoms with van der Waals surface area (Å²) in [7, 11) is 1.41. The lowest BCUT2D eigenvalue weighted by atomic mass is 9.85. The van der Waals surface area contributed by atoms with Gasteiger partial charge in [-0.05, 0) is 56.3 Å². The van der Waals surface area contributed by atoms with Crippen LogP contribution in [0.15, 0.2) is 18.6 Å². The molecule has 0 radical (unpaired) electrons. The molecule has 14 nitrogen and oxygen atoms in total. The first-order valence-corrected chi connectivity index (χ1v) is 16.6. The third-order valence-electron chi connectivity index (χ3n) is 9.39. The molecular formula is C33H49N7O7. The zero-order valence-electron chi connectivity index (χ0n) is 28.2. The summed E-state index contributed by atoms with van der Waals surface area (Å²) < 4.78 is 5.40. The number of amides is 5. The van der Waals surface area contributed by atoms with Crippen LogP contribution in [-0.4, -0.2) is 100 Å². The van der Waals surface area contributed by atoms with Gasteiger partial charge in [-0.1, -0.05) is 40.5 Å². The summed E-state index contributed by atoms with van der Waals surface area (Å²) in [5, 5.41) is 11.0. The second-order valence-electron chi connectivity index (χ2n) is 14.0. The van der Waals surface area contributed by atoms with Gasteiger partial charge in [0.25, 0.3) is 11.8 Å². The monoisotopic (exact) mass is 655 g/mol. The standard InChI is InChI=1S/C33H49N7O7/c1-7-9-22(26(41)31(45)36-20-12-13-20)37-30(44)25-21-11-8-10-19(21)17-40(25)32(46)27(33(3,4)5)39-29(43)24(18(2)47-6)38-28(42)23-16-34-14-15-35-23/h14-16,18-22,24-25,27H,7-13,17H2,1-6H3,(H,36,45)(H,37,44)(H,38,42)(H,39,43)/t18-,19+,21+,22?,24?,25+,27-/m1/s1. The van der Waals surface area contributed by atoms with Gasteiger partial charge in [0.15, 0.2) is 0 Å². The zero-order valence-corrected chi connectivity index (χ0v) is 28.2. The molecule has 0 spiro atoms. The normalized spacial score (nSPS) is 23.1. The number of ketones is 1. The Kier molecular flexibility index (Phi) is 11.7. The van der Waals surface area contributed by atoms with Crippen LogP contribution in [0.4, 0.5) is 0 Å². The predicted molar refractivity (Wildman–Crippen MR) is 170 cm³/mol. The van der Waals surface area contributed by atoms with Gasteiger partial charge in [-0.3, -0.25) is 33.8 Å². The number of carbonyl (C=O) groups is 6. The quantitative estimate of drug-likeness (QED) is 0.211. The number of carbonyl (C=O) groups excluding carboxylic acids is 6. The number of aromatic nitrogens is 2. The van der Waals surface area contributed by atoms with Gasteiger partial charge in [0.1, 0.15) is 23.8 Å². The fourth-order valence-electron chi connectivity index (χ4n) is 6.54. The van der Waals surface area contributed by atoms with Gasteiger partial charge in [0, 0.05) is 32.1 Å². The lowest BCUT2D eigenvalue weighted by Gasteiger charge is -2.37. The smallest absolute Gasteiger partial charge is 0.289 e. The summed E-state index contributed by atoms with van der Waals surface area (Å²) in [6.07, 6.45) is 8.33. The average molecular weight is 656 g/mol. The van der Waals surface area contributed by atoms with Crippen molar-refractivity contribution in [1.82, 2.24) is 36.1 Å². The van der Waals surface area contributed by atoms with Crippen LogP contribution in [-0.2, 0) is 28.7 Å². The number of ether oxygens (including phenoxy) is 1. The Morgan fingerprint density at radius 1 is 1.02 bits per heavy atom. The van der Waals surface area contributed by atoms with E-state index in [4.69, 9.17) is 4.74 Å². The van der Waals surface area contributed by atoms with E-state index in [1.807, 2.05) is 27.7 Å². The van der Waals surface area contributed by atoms with Gasteiger partial charge in [0.05, 0.1) is 18.3 Å². The molecule has 1 saturated heterocycles. The van der Waals surface area contributed by atoms with E-state index in [1.54, 1.807) is 6.92 Å². The minimum atomic E-state index is -1.17. The van der Waals surface area contributed by atoms with Crippen LogP contribution in [0.2, 0.25) is 0 Å². The van der Waals surface area contributed by atoms with Crippen molar-refractivity contribution in [3.63, 3.8) is 0 Å². The molecule has 5 amide bonds. The zero-order chi connectivity index (χ0) is 34.5. The number of hydrogen-bond donors (Lipinski definition) is 4. The molecule has 3 aliphatic rings. The fourth-order valence-corrected chi connectivity index (χ4v) is 6.54. The molecule has 2 heterocycles. The highest BCUT2D eigenvalue weighted by molar-refractivity contribution is 6.38. The van der Waals surface area contributed by atoms with Crippen LogP contribution in [0.5, 0.6) is 0 Å². The van der Waals surface area contributed by atoms with E-state index in [-0.39, 0.29) is 30.0 Å². The van der Waals surface area contributed by atoms with E-state index in [9.17, 15) is 28.8 Å². The van der Waals surface area contributed by atoms with Crippen molar-refractivity contribution in [2.24, 2.45) is 17.3 Å². The molecule has 2 unspecified atom stereocenters. The van der Waals surface area contributed by atoms with Gasteiger partial charge in [0.2, 0.25) is 23.5 Å². The molecule has 1 aliphatic heterocycles. The van der Waals surface area contributed by atoms with Crippen molar-refractivity contribution in [1.29, 1.82) is 0 Å². The number of nitrogens with one attached hydrogen (secondary N) is 4. The summed E-state index contributed by atoms with van der Waals surface area (Å²) in [4.78, 5) is 90.1. The Morgan fingerprint density at radius 2 is 1.74 bits per heavy atom. The molecule has 1 aromatic rings. The maximum absolute atomic E-state index is 14.4. The number of fused-ring (bicyclic) bond motifs is 1. The van der Waals surface area contributed by atoms with Gasteiger partial charge in [-0.15, -0.1) is 0 Å². The summed E-state index contributed by atoms with van der Waals surface area (Å²) in [6.45, 7) is 9.25. The number of rotatable bonds is 14. The third kappa shape index (κ3) is 8.70. The number of hydrogen-bond acceptors (Lipinski definition) is 9. The second-order valence-corrected chi connectivity index (χ2v) is 14.0. The van der Waals surface area contributed by atoms with E-state index in [0.29, 0.717) is 13.0 Å². The lowest BCUT2D eigenvalue weighted by Crippen LogP contribution is -2.62. The maximum atomic E-state index is 14.4. The summed E-state index contributed by atoms with van der Waals surface area (Å²) in [6, 6.07) is -4.10. The van der Waals surface area contributed by atoms with E-state index < -0.39 is 71.0 Å². The Bertz CT molecular complexity index is 1330. The molecule has 14 heteroatoms. The molecule has 2 saturated carbocycles. The molecule has 3 fully saturated rings. The molecule has 258 valence electrons. The average Bonchev–Trinajstić information content (AvgIpc) is 3.61. The molecule has 47 heavy (non-hydrogen) atoms. The van der Waals surface area contributed by atoms with Gasteiger partial charge < -0.3 is 30.9 Å². The fraction of sp³-hybridized carbons (Fsp3) is 0.697. The molecule has 4 N–H and O–H groups in total. The van der Waals surface area contributed by atoms with Gasteiger partial charge in [-0.2, -0.15) is 0 Å². The van der Waals surface area contributed by atoms with Crippen LogP contribution in [0.25, 0.3) is 0 Å². The van der Waals surface area contributed by atoms with E-state index >= 15 is 0 Å². The minimum Gasteiger partial charge on any atom is -0.379 e. The van der Waals surface area contributed by atoms with Crippen LogP contribution in [0.3, 0.4) is 0 Å². The first-order valence-electron chi connectivity index (χ1n) is 16.6. The third-order valence-corrected chi connectivity index (χ3v) is 9.39. The highest BCUT2D eigenvalue weighted by Crippen LogP contribution is 2.43. The molecule has 0 bridgehead atoms. The number of Topliss-reactive ketones (excluding diaryl/α,β-unsaturated/α-hetero) is 1. The Morgan fingerprint density at radius 3 is 2.34 bits per heavy atom. The Labute approximate surface area is 275 Å². The van der Waals surface area contributed by atoms with Gasteiger partial charge >= 0.3 is 0 Å². The predicted octanol–water partition coefficient (Wildman–Crippen LogP) is 0.901. The summed E-state index contributed by atoms with van der Waals surface area (Å²) in [5.41, 5.74) is -0.776. The first kappa shape index (κ1) is 35.9. The minimum absolute atomic E-state index is 0.00275. The number of methoxy groups -OCH3 is 1. The van der Waals surface area contributed by atoms with E-state index in [2.05, 4.69) is 31.2 Å². The lowest BCUT2D eigenvalue weighted by molar-refractivity contribution is -0.146. The molecule has 7 atom stereocenters. The molecule has 0 aromatic carbocycles. The van der Waals surface area contributed by atoms with Crippen LogP contribution < -0.4 is 21.3 Å². The highest BCUT2D eigenvalue weighted by atomic mass is 16.5. The van der Waals surface area contributed by atoms with Crippen molar-refractivity contribution in [3.8, 4) is 0 Å². The van der Waals surface area contributed by atoms with Crippen molar-refractivity contribution in [2.75, 3.05) is 13.7 Å². The maximum Gasteiger partial charge on any atom is 0.289 e. The Balaban J connectivity index is 1.55. The number of nitrogens with zero attached hydrogens (tertiary/aromatic N) is 3. The van der Waals surface area contributed by atoms with Crippen LogP contribution in [0, 0.1) is 17.3 Å². The SMILES string of the molecule is CCCC(NC(=O)[C@@H]1[C@H]2CCC[C@H]2CN1C(=O)[C@@H](NC(=O)C(NC(=O)c1cnccn1)[C@@H](C)OC)C(C)(C)C)C(=O)C(=O)NC1CC1. The van der Waals surface area contributed by atoms with Crippen molar-refractivity contribution >= 4 is 35.3 Å². The van der Waals surface area contributed by atoms with Crippen molar-refractivity contribution in [2.45, 2.75) is 116 Å². The Hall–Kier alpha value is -3.94. The van der Waals surface area contributed by atoms with Gasteiger partial charge in [-0.25, -0.2) is 4.98 Å². The number of likely N-dealkylation sites (tertiary alicyclic amines) is 1. The van der Waals surface area contributed by atoms with Crippen molar-refractivity contribution in [3.05, 3.63) is 24.3 Å². The first-order chi connectivity index (χ1) is 22.3.